The summed E-state index contributed by atoms with van der Waals surface area (Å²) in [5.74, 6) is 6.42. The normalized spacial score (nSPS) is 12.4. The first kappa shape index (κ1) is 19.1. The van der Waals surface area contributed by atoms with Gasteiger partial charge in [0.25, 0.3) is 0 Å². The van der Waals surface area contributed by atoms with Crippen molar-refractivity contribution in [1.82, 2.24) is 29.8 Å². The lowest BCUT2D eigenvalue weighted by atomic mass is 9.96. The number of halogens is 3. The van der Waals surface area contributed by atoms with Crippen molar-refractivity contribution in [2.24, 2.45) is 0 Å². The molecule has 3 aromatic heterocycles. The molecule has 0 saturated carbocycles. The van der Waals surface area contributed by atoms with Crippen molar-refractivity contribution in [3.8, 4) is 11.4 Å². The molecule has 11 heteroatoms. The number of hydrogen-bond acceptors (Lipinski definition) is 7. The first-order chi connectivity index (χ1) is 12.6. The van der Waals surface area contributed by atoms with Crippen LogP contribution >= 0.6 is 11.8 Å². The van der Waals surface area contributed by atoms with Crippen molar-refractivity contribution in [3.05, 3.63) is 42.1 Å². The molecule has 3 heterocycles. The monoisotopic (exact) mass is 395 g/mol. The molecule has 0 amide bonds. The second-order valence-electron chi connectivity index (χ2n) is 6.68. The van der Waals surface area contributed by atoms with E-state index in [0.29, 0.717) is 11.4 Å². The van der Waals surface area contributed by atoms with Gasteiger partial charge in [0.05, 0.1) is 0 Å². The van der Waals surface area contributed by atoms with Crippen molar-refractivity contribution in [2.45, 2.75) is 42.5 Å². The summed E-state index contributed by atoms with van der Waals surface area (Å²) < 4.78 is 41.1. The van der Waals surface area contributed by atoms with Crippen LogP contribution in [0.25, 0.3) is 11.4 Å². The lowest BCUT2D eigenvalue weighted by Gasteiger charge is -2.16. The molecule has 0 spiro atoms. The predicted molar refractivity (Wildman–Crippen MR) is 93.3 cm³/mol. The first-order valence-corrected chi connectivity index (χ1v) is 8.63. The van der Waals surface area contributed by atoms with Gasteiger partial charge in [-0.3, -0.25) is 4.98 Å². The highest BCUT2D eigenvalue weighted by molar-refractivity contribution is 7.99. The van der Waals surface area contributed by atoms with Crippen LogP contribution < -0.4 is 5.84 Å². The molecular weight excluding hydrogens is 379 g/mol. The molecule has 7 nitrogen and oxygen atoms in total. The van der Waals surface area contributed by atoms with E-state index in [-0.39, 0.29) is 21.4 Å². The van der Waals surface area contributed by atoms with Crippen LogP contribution in [-0.4, -0.2) is 29.8 Å². The van der Waals surface area contributed by atoms with Gasteiger partial charge in [0.2, 0.25) is 5.16 Å². The maximum absolute atomic E-state index is 13.3. The summed E-state index contributed by atoms with van der Waals surface area (Å²) in [5, 5.41) is 8.27. The van der Waals surface area contributed by atoms with Crippen LogP contribution in [0.4, 0.5) is 13.2 Å². The number of nitrogens with zero attached hydrogens (tertiary/aromatic N) is 6. The van der Waals surface area contributed by atoms with Crippen LogP contribution in [0, 0.1) is 0 Å². The second kappa shape index (κ2) is 6.80. The minimum absolute atomic E-state index is 0.0516. The molecule has 3 rings (SSSR count). The topological polar surface area (TPSA) is 95.4 Å². The number of nitrogens with two attached hydrogens (primary N) is 1. The van der Waals surface area contributed by atoms with Gasteiger partial charge in [-0.1, -0.05) is 20.8 Å². The van der Waals surface area contributed by atoms with E-state index in [0.717, 1.165) is 17.8 Å². The first-order valence-electron chi connectivity index (χ1n) is 7.81. The van der Waals surface area contributed by atoms with Crippen LogP contribution in [0.1, 0.15) is 32.3 Å². The second-order valence-corrected chi connectivity index (χ2v) is 7.67. The SMILES string of the molecule is CC(C)(C)c1nnc(Sc2cc(C(F)(F)F)nc(-c3cccnc3)n2)n1N. The molecule has 27 heavy (non-hydrogen) atoms. The molecule has 0 aliphatic rings. The minimum Gasteiger partial charge on any atom is -0.336 e. The Kier molecular flexibility index (Phi) is 4.81. The van der Waals surface area contributed by atoms with Gasteiger partial charge < -0.3 is 5.84 Å². The highest BCUT2D eigenvalue weighted by Gasteiger charge is 2.34. The number of nitrogen functional groups attached to an aromatic ring is 1. The molecule has 0 fully saturated rings. The fraction of sp³-hybridized carbons (Fsp3) is 0.312. The fourth-order valence-corrected chi connectivity index (χ4v) is 2.95. The molecule has 0 atom stereocenters. The third-order valence-corrected chi connectivity index (χ3v) is 4.32. The quantitative estimate of drug-likeness (QED) is 0.537. The van der Waals surface area contributed by atoms with Crippen LogP contribution in [0.15, 0.2) is 40.8 Å². The molecular formula is C16H16F3N7S. The van der Waals surface area contributed by atoms with Crippen molar-refractivity contribution in [2.75, 3.05) is 5.84 Å². The Morgan fingerprint density at radius 1 is 1.11 bits per heavy atom. The highest BCUT2D eigenvalue weighted by atomic mass is 32.2. The molecule has 2 N–H and O–H groups in total. The average Bonchev–Trinajstić information content (AvgIpc) is 2.95. The molecule has 3 aromatic rings. The lowest BCUT2D eigenvalue weighted by molar-refractivity contribution is -0.141. The smallest absolute Gasteiger partial charge is 0.336 e. The van der Waals surface area contributed by atoms with E-state index in [2.05, 4.69) is 25.1 Å². The maximum Gasteiger partial charge on any atom is 0.433 e. The molecule has 0 aromatic carbocycles. The van der Waals surface area contributed by atoms with Gasteiger partial charge in [0, 0.05) is 29.4 Å². The van der Waals surface area contributed by atoms with Gasteiger partial charge in [0.1, 0.15) is 10.7 Å². The molecule has 142 valence electrons. The van der Waals surface area contributed by atoms with Gasteiger partial charge in [-0.05, 0) is 23.9 Å². The zero-order valence-electron chi connectivity index (χ0n) is 14.7. The van der Waals surface area contributed by atoms with Crippen LogP contribution in [0.3, 0.4) is 0 Å². The summed E-state index contributed by atoms with van der Waals surface area (Å²) in [6, 6.07) is 4.04. The van der Waals surface area contributed by atoms with Gasteiger partial charge in [-0.25, -0.2) is 14.6 Å². The average molecular weight is 395 g/mol. The summed E-state index contributed by atoms with van der Waals surface area (Å²) in [4.78, 5) is 11.7. The number of hydrogen-bond donors (Lipinski definition) is 1. The van der Waals surface area contributed by atoms with E-state index in [1.807, 2.05) is 20.8 Å². The molecule has 0 aliphatic carbocycles. The van der Waals surface area contributed by atoms with Crippen LogP contribution in [0.2, 0.25) is 0 Å². The van der Waals surface area contributed by atoms with E-state index in [1.165, 1.54) is 17.1 Å². The Morgan fingerprint density at radius 3 is 2.41 bits per heavy atom. The van der Waals surface area contributed by atoms with E-state index in [4.69, 9.17) is 5.84 Å². The molecule has 0 radical (unpaired) electrons. The van der Waals surface area contributed by atoms with Gasteiger partial charge >= 0.3 is 6.18 Å². The lowest BCUT2D eigenvalue weighted by Crippen LogP contribution is -2.24. The Bertz CT molecular complexity index is 949. The van der Waals surface area contributed by atoms with Crippen molar-refractivity contribution < 1.29 is 13.2 Å². The predicted octanol–water partition coefficient (Wildman–Crippen LogP) is 3.31. The van der Waals surface area contributed by atoms with E-state index in [1.54, 1.807) is 12.1 Å². The van der Waals surface area contributed by atoms with Crippen molar-refractivity contribution in [3.63, 3.8) is 0 Å². The Balaban J connectivity index is 2.04. The van der Waals surface area contributed by atoms with Gasteiger partial charge in [-0.2, -0.15) is 13.2 Å². The summed E-state index contributed by atoms with van der Waals surface area (Å²) in [7, 11) is 0. The van der Waals surface area contributed by atoms with Crippen LogP contribution in [0.5, 0.6) is 0 Å². The molecule has 0 saturated heterocycles. The van der Waals surface area contributed by atoms with Gasteiger partial charge in [0.15, 0.2) is 11.6 Å². The Morgan fingerprint density at radius 2 is 1.85 bits per heavy atom. The zero-order chi connectivity index (χ0) is 19.8. The highest BCUT2D eigenvalue weighted by Crippen LogP contribution is 2.34. The number of alkyl halides is 3. The van der Waals surface area contributed by atoms with Crippen molar-refractivity contribution in [1.29, 1.82) is 0 Å². The molecule has 0 unspecified atom stereocenters. The summed E-state index contributed by atoms with van der Waals surface area (Å²) in [6.07, 6.45) is -1.72. The Labute approximate surface area is 157 Å². The minimum atomic E-state index is -4.62. The summed E-state index contributed by atoms with van der Waals surface area (Å²) in [5.41, 5.74) is -1.06. The van der Waals surface area contributed by atoms with Gasteiger partial charge in [-0.15, -0.1) is 10.2 Å². The van der Waals surface area contributed by atoms with E-state index in [9.17, 15) is 13.2 Å². The van der Waals surface area contributed by atoms with E-state index < -0.39 is 11.9 Å². The number of pyridine rings is 1. The zero-order valence-corrected chi connectivity index (χ0v) is 15.5. The summed E-state index contributed by atoms with van der Waals surface area (Å²) in [6.45, 7) is 5.71. The van der Waals surface area contributed by atoms with Crippen LogP contribution in [-0.2, 0) is 11.6 Å². The standard InChI is InChI=1S/C16H16F3N7S/c1-15(2,3)13-24-25-14(26(13)20)27-11-7-10(16(17,18)19)22-12(23-11)9-5-4-6-21-8-9/h4-8H,20H2,1-3H3. The molecule has 0 bridgehead atoms. The third-order valence-electron chi connectivity index (χ3n) is 3.44. The third kappa shape index (κ3) is 4.18. The fourth-order valence-electron chi connectivity index (χ4n) is 2.20. The number of rotatable bonds is 3. The van der Waals surface area contributed by atoms with Crippen molar-refractivity contribution >= 4 is 11.8 Å². The maximum atomic E-state index is 13.3. The Hall–Kier alpha value is -2.69. The largest absolute Gasteiger partial charge is 0.433 e. The molecule has 0 aliphatic heterocycles. The summed E-state index contributed by atoms with van der Waals surface area (Å²) >= 11 is 0.883. The number of aromatic nitrogens is 6. The van der Waals surface area contributed by atoms with E-state index >= 15 is 0 Å².